The molecule has 0 aromatic heterocycles. The summed E-state index contributed by atoms with van der Waals surface area (Å²) in [5.74, 6) is 1.75. The fourth-order valence-corrected chi connectivity index (χ4v) is 4.57. The predicted octanol–water partition coefficient (Wildman–Crippen LogP) is 3.83. The highest BCUT2D eigenvalue weighted by Gasteiger charge is 2.34. The number of hydrogen-bond donors (Lipinski definition) is 2. The minimum atomic E-state index is 0. The van der Waals surface area contributed by atoms with Crippen LogP contribution in [0.15, 0.2) is 35.3 Å². The van der Waals surface area contributed by atoms with Gasteiger partial charge < -0.3 is 25.0 Å². The van der Waals surface area contributed by atoms with Gasteiger partial charge in [0.15, 0.2) is 5.96 Å². The number of aliphatic imine (C=N–C) groups is 1. The molecule has 2 heterocycles. The molecule has 1 atom stereocenters. The van der Waals surface area contributed by atoms with E-state index in [4.69, 9.17) is 9.47 Å². The predicted molar refractivity (Wildman–Crippen MR) is 138 cm³/mol. The van der Waals surface area contributed by atoms with Crippen LogP contribution < -0.4 is 10.6 Å². The van der Waals surface area contributed by atoms with Crippen LogP contribution in [-0.4, -0.2) is 70.0 Å². The fraction of sp³-hybridized carbons (Fsp3) is 0.708. The van der Waals surface area contributed by atoms with Crippen molar-refractivity contribution < 1.29 is 9.47 Å². The summed E-state index contributed by atoms with van der Waals surface area (Å²) in [7, 11) is 4.02. The first-order valence-electron chi connectivity index (χ1n) is 11.5. The van der Waals surface area contributed by atoms with Crippen LogP contribution in [0.4, 0.5) is 0 Å². The number of nitrogens with one attached hydrogen (secondary N) is 2. The Morgan fingerprint density at radius 1 is 1.13 bits per heavy atom. The molecule has 2 fully saturated rings. The Hall–Kier alpha value is -0.900. The van der Waals surface area contributed by atoms with Gasteiger partial charge in [-0.1, -0.05) is 30.3 Å². The summed E-state index contributed by atoms with van der Waals surface area (Å²) in [6.45, 7) is 7.55. The summed E-state index contributed by atoms with van der Waals surface area (Å²) in [6, 6.07) is 11.0. The van der Waals surface area contributed by atoms with Gasteiger partial charge in [0.2, 0.25) is 0 Å². The van der Waals surface area contributed by atoms with Crippen molar-refractivity contribution in [2.75, 3.05) is 53.6 Å². The van der Waals surface area contributed by atoms with E-state index in [1.54, 1.807) is 0 Å². The molecule has 7 heteroatoms. The number of hydrogen-bond acceptors (Lipinski definition) is 4. The summed E-state index contributed by atoms with van der Waals surface area (Å²) in [5, 5.41) is 7.58. The number of benzene rings is 1. The van der Waals surface area contributed by atoms with E-state index in [1.807, 2.05) is 7.05 Å². The lowest BCUT2D eigenvalue weighted by Gasteiger charge is -2.41. The van der Waals surface area contributed by atoms with E-state index in [-0.39, 0.29) is 29.5 Å². The van der Waals surface area contributed by atoms with Gasteiger partial charge in [-0.2, -0.15) is 0 Å². The van der Waals surface area contributed by atoms with Crippen LogP contribution >= 0.6 is 24.0 Å². The van der Waals surface area contributed by atoms with Gasteiger partial charge in [-0.05, 0) is 50.5 Å². The van der Waals surface area contributed by atoms with Crippen LogP contribution in [0.3, 0.4) is 0 Å². The lowest BCUT2D eigenvalue weighted by molar-refractivity contribution is 0.0352. The molecule has 2 aliphatic heterocycles. The second-order valence-electron chi connectivity index (χ2n) is 8.84. The monoisotopic (exact) mass is 544 g/mol. The van der Waals surface area contributed by atoms with E-state index < -0.39 is 0 Å². The smallest absolute Gasteiger partial charge is 0.193 e. The van der Waals surface area contributed by atoms with E-state index in [2.05, 4.69) is 64.8 Å². The second-order valence-corrected chi connectivity index (χ2v) is 8.84. The van der Waals surface area contributed by atoms with E-state index >= 15 is 0 Å². The summed E-state index contributed by atoms with van der Waals surface area (Å²) in [6.07, 6.45) is 5.57. The molecular formula is C24H41IN4O2. The standard InChI is InChI=1S/C24H40N4O2.HI/c1-20(22-7-5-4-6-8-22)27-24(12-17-30-18-13-24)19-26-23(25-2)28(3)14-9-21-10-15-29-16-11-21;/h4-8,20-21,27H,9-19H2,1-3H3,(H,25,26);1H. The maximum atomic E-state index is 5.68. The third-order valence-electron chi connectivity index (χ3n) is 6.64. The zero-order chi connectivity index (χ0) is 21.2. The summed E-state index contributed by atoms with van der Waals surface area (Å²) >= 11 is 0. The van der Waals surface area contributed by atoms with E-state index in [0.29, 0.717) is 6.04 Å². The average molecular weight is 545 g/mol. The third kappa shape index (κ3) is 8.18. The normalized spacial score (nSPS) is 20.5. The molecule has 3 rings (SSSR count). The summed E-state index contributed by atoms with van der Waals surface area (Å²) in [5.41, 5.74) is 1.33. The molecular weight excluding hydrogens is 503 g/mol. The van der Waals surface area contributed by atoms with Gasteiger partial charge >= 0.3 is 0 Å². The molecule has 0 bridgehead atoms. The maximum Gasteiger partial charge on any atom is 0.193 e. The van der Waals surface area contributed by atoms with Crippen LogP contribution in [0.25, 0.3) is 0 Å². The van der Waals surface area contributed by atoms with Crippen molar-refractivity contribution in [3.8, 4) is 0 Å². The van der Waals surface area contributed by atoms with Crippen LogP contribution in [0.5, 0.6) is 0 Å². The lowest BCUT2D eigenvalue weighted by Crippen LogP contribution is -2.58. The van der Waals surface area contributed by atoms with Crippen LogP contribution in [-0.2, 0) is 9.47 Å². The minimum Gasteiger partial charge on any atom is -0.381 e. The quantitative estimate of drug-likeness (QED) is 0.296. The number of halogens is 1. The van der Waals surface area contributed by atoms with Gasteiger partial charge in [-0.15, -0.1) is 24.0 Å². The molecule has 0 saturated carbocycles. The van der Waals surface area contributed by atoms with Gasteiger partial charge in [0, 0.05) is 65.2 Å². The van der Waals surface area contributed by atoms with Crippen molar-refractivity contribution in [1.82, 2.24) is 15.5 Å². The Morgan fingerprint density at radius 2 is 1.77 bits per heavy atom. The summed E-state index contributed by atoms with van der Waals surface area (Å²) in [4.78, 5) is 6.82. The van der Waals surface area contributed by atoms with Crippen LogP contribution in [0.1, 0.15) is 50.6 Å². The number of ether oxygens (including phenoxy) is 2. The van der Waals surface area contributed by atoms with Crippen molar-refractivity contribution in [2.24, 2.45) is 10.9 Å². The van der Waals surface area contributed by atoms with Gasteiger partial charge in [0.25, 0.3) is 0 Å². The molecule has 0 aliphatic carbocycles. The first-order valence-corrected chi connectivity index (χ1v) is 11.5. The maximum absolute atomic E-state index is 5.68. The Labute approximate surface area is 205 Å². The van der Waals surface area contributed by atoms with E-state index in [0.717, 1.165) is 64.2 Å². The molecule has 0 spiro atoms. The summed E-state index contributed by atoms with van der Waals surface area (Å²) < 4.78 is 11.2. The first-order chi connectivity index (χ1) is 14.6. The molecule has 0 amide bonds. The van der Waals surface area contributed by atoms with E-state index in [1.165, 1.54) is 24.8 Å². The highest BCUT2D eigenvalue weighted by molar-refractivity contribution is 14.0. The number of guanidine groups is 1. The van der Waals surface area contributed by atoms with E-state index in [9.17, 15) is 0 Å². The Kier molecular flexibility index (Phi) is 11.6. The molecule has 2 aliphatic rings. The fourth-order valence-electron chi connectivity index (χ4n) is 4.57. The molecule has 2 N–H and O–H groups in total. The van der Waals surface area contributed by atoms with Crippen molar-refractivity contribution in [2.45, 2.75) is 50.6 Å². The average Bonchev–Trinajstić information content (AvgIpc) is 2.80. The van der Waals surface area contributed by atoms with Crippen LogP contribution in [0, 0.1) is 5.92 Å². The Morgan fingerprint density at radius 3 is 2.42 bits per heavy atom. The molecule has 31 heavy (non-hydrogen) atoms. The van der Waals surface area contributed by atoms with Gasteiger partial charge in [0.05, 0.1) is 0 Å². The number of rotatable bonds is 8. The van der Waals surface area contributed by atoms with Crippen molar-refractivity contribution in [3.05, 3.63) is 35.9 Å². The Balaban J connectivity index is 0.00000341. The molecule has 1 aromatic carbocycles. The third-order valence-corrected chi connectivity index (χ3v) is 6.64. The Bertz CT molecular complexity index is 646. The van der Waals surface area contributed by atoms with Crippen molar-refractivity contribution in [3.63, 3.8) is 0 Å². The highest BCUT2D eigenvalue weighted by atomic mass is 127. The molecule has 1 aromatic rings. The molecule has 0 radical (unpaired) electrons. The van der Waals surface area contributed by atoms with Crippen LogP contribution in [0.2, 0.25) is 0 Å². The van der Waals surface area contributed by atoms with Crippen molar-refractivity contribution >= 4 is 29.9 Å². The largest absolute Gasteiger partial charge is 0.381 e. The van der Waals surface area contributed by atoms with Crippen molar-refractivity contribution in [1.29, 1.82) is 0 Å². The zero-order valence-electron chi connectivity index (χ0n) is 19.4. The zero-order valence-corrected chi connectivity index (χ0v) is 21.8. The first kappa shape index (κ1) is 26.4. The SMILES string of the molecule is CN=C(NCC1(NC(C)c2ccccc2)CCOCC1)N(C)CCC1CCOCC1.I. The molecule has 176 valence electrons. The minimum absolute atomic E-state index is 0. The van der Waals surface area contributed by atoms with Gasteiger partial charge in [-0.25, -0.2) is 0 Å². The van der Waals surface area contributed by atoms with Gasteiger partial charge in [0.1, 0.15) is 0 Å². The molecule has 2 saturated heterocycles. The lowest BCUT2D eigenvalue weighted by atomic mass is 9.88. The topological polar surface area (TPSA) is 58.1 Å². The second kappa shape index (κ2) is 13.6. The number of nitrogens with zero attached hydrogens (tertiary/aromatic N) is 2. The molecule has 6 nitrogen and oxygen atoms in total. The molecule has 1 unspecified atom stereocenters. The highest BCUT2D eigenvalue weighted by Crippen LogP contribution is 2.25. The van der Waals surface area contributed by atoms with Gasteiger partial charge in [-0.3, -0.25) is 4.99 Å².